The molecule has 1 rings (SSSR count). The first-order chi connectivity index (χ1) is 5.97. The van der Waals surface area contributed by atoms with Crippen LogP contribution in [0.4, 0.5) is 0 Å². The van der Waals surface area contributed by atoms with Gasteiger partial charge in [-0.05, 0) is 46.6 Å². The summed E-state index contributed by atoms with van der Waals surface area (Å²) in [6.45, 7) is 6.61. The Morgan fingerprint density at radius 2 is 2.15 bits per heavy atom. The smallest absolute Gasteiger partial charge is 0.0552 e. The van der Waals surface area contributed by atoms with E-state index in [4.69, 9.17) is 0 Å². The summed E-state index contributed by atoms with van der Waals surface area (Å²) in [5, 5.41) is 9.58. The average Bonchev–Trinajstić information content (AvgIpc) is 2.32. The molecule has 1 heterocycles. The molecule has 2 atom stereocenters. The average molecular weight is 185 g/mol. The minimum Gasteiger partial charge on any atom is -0.393 e. The Morgan fingerprint density at radius 3 is 2.54 bits per heavy atom. The van der Waals surface area contributed by atoms with Gasteiger partial charge in [0.15, 0.2) is 0 Å². The fourth-order valence-corrected chi connectivity index (χ4v) is 2.14. The number of nitrogens with zero attached hydrogens (tertiary/aromatic N) is 1. The lowest BCUT2D eigenvalue weighted by Crippen LogP contribution is -2.40. The second-order valence-corrected chi connectivity index (χ2v) is 4.91. The molecule has 0 amide bonds. The van der Waals surface area contributed by atoms with Crippen LogP contribution >= 0.6 is 0 Å². The van der Waals surface area contributed by atoms with Crippen LogP contribution in [0.25, 0.3) is 0 Å². The third kappa shape index (κ3) is 2.44. The van der Waals surface area contributed by atoms with Crippen molar-refractivity contribution < 1.29 is 5.11 Å². The fraction of sp³-hybridized carbons (Fsp3) is 1.00. The van der Waals surface area contributed by atoms with E-state index < -0.39 is 0 Å². The van der Waals surface area contributed by atoms with Gasteiger partial charge >= 0.3 is 0 Å². The van der Waals surface area contributed by atoms with Crippen molar-refractivity contribution in [3.8, 4) is 0 Å². The largest absolute Gasteiger partial charge is 0.393 e. The summed E-state index contributed by atoms with van der Waals surface area (Å²) in [5.74, 6) is 0. The van der Waals surface area contributed by atoms with Crippen LogP contribution in [-0.2, 0) is 0 Å². The third-order valence-electron chi connectivity index (χ3n) is 3.61. The Bertz CT molecular complexity index is 167. The van der Waals surface area contributed by atoms with Gasteiger partial charge in [-0.3, -0.25) is 4.90 Å². The van der Waals surface area contributed by atoms with Crippen molar-refractivity contribution in [2.75, 3.05) is 7.05 Å². The Hall–Kier alpha value is -0.0800. The van der Waals surface area contributed by atoms with Crippen LogP contribution in [-0.4, -0.2) is 34.7 Å². The van der Waals surface area contributed by atoms with E-state index in [0.717, 1.165) is 12.8 Å². The summed E-state index contributed by atoms with van der Waals surface area (Å²) in [6.07, 6.45) is 4.20. The molecule has 1 aliphatic rings. The van der Waals surface area contributed by atoms with Gasteiger partial charge in [0.05, 0.1) is 6.10 Å². The first-order valence-electron chi connectivity index (χ1n) is 5.38. The lowest BCUT2D eigenvalue weighted by Gasteiger charge is -2.32. The number of likely N-dealkylation sites (tertiary alicyclic amines) is 1. The van der Waals surface area contributed by atoms with Crippen molar-refractivity contribution in [3.63, 3.8) is 0 Å². The maximum Gasteiger partial charge on any atom is 0.0552 e. The predicted octanol–water partition coefficient (Wildman–Crippen LogP) is 2.02. The van der Waals surface area contributed by atoms with Crippen LogP contribution < -0.4 is 0 Å². The Balaban J connectivity index is 2.46. The lowest BCUT2D eigenvalue weighted by atomic mass is 10.0. The Kier molecular flexibility index (Phi) is 3.36. The maximum absolute atomic E-state index is 9.58. The van der Waals surface area contributed by atoms with Crippen LogP contribution in [0, 0.1) is 0 Å². The number of hydrogen-bond donors (Lipinski definition) is 1. The van der Waals surface area contributed by atoms with Crippen LogP contribution in [0.5, 0.6) is 0 Å². The summed E-state index contributed by atoms with van der Waals surface area (Å²) in [7, 11) is 2.18. The van der Waals surface area contributed by atoms with E-state index in [1.807, 2.05) is 6.92 Å². The van der Waals surface area contributed by atoms with Gasteiger partial charge in [0.25, 0.3) is 0 Å². The number of hydrogen-bond acceptors (Lipinski definition) is 2. The predicted molar refractivity (Wildman–Crippen MR) is 55.8 cm³/mol. The molecule has 1 aliphatic heterocycles. The molecule has 13 heavy (non-hydrogen) atoms. The molecule has 0 aromatic rings. The summed E-state index contributed by atoms with van der Waals surface area (Å²) >= 11 is 0. The van der Waals surface area contributed by atoms with E-state index in [-0.39, 0.29) is 6.10 Å². The molecule has 0 saturated carbocycles. The highest BCUT2D eigenvalue weighted by atomic mass is 16.3. The molecule has 0 aromatic carbocycles. The molecule has 1 N–H and O–H groups in total. The second kappa shape index (κ2) is 3.97. The van der Waals surface area contributed by atoms with Crippen LogP contribution in [0.2, 0.25) is 0 Å². The summed E-state index contributed by atoms with van der Waals surface area (Å²) in [6, 6.07) is 0.588. The Labute approximate surface area is 81.9 Å². The summed E-state index contributed by atoms with van der Waals surface area (Å²) in [5.41, 5.74) is 0.331. The number of aliphatic hydroxyl groups is 1. The van der Waals surface area contributed by atoms with E-state index in [1.165, 1.54) is 12.8 Å². The van der Waals surface area contributed by atoms with Gasteiger partial charge in [0.2, 0.25) is 0 Å². The highest BCUT2D eigenvalue weighted by Crippen LogP contribution is 2.33. The highest BCUT2D eigenvalue weighted by Gasteiger charge is 2.36. The molecule has 0 radical (unpaired) electrons. The molecule has 2 heteroatoms. The van der Waals surface area contributed by atoms with Gasteiger partial charge < -0.3 is 5.11 Å². The maximum atomic E-state index is 9.58. The van der Waals surface area contributed by atoms with Crippen molar-refractivity contribution in [3.05, 3.63) is 0 Å². The normalized spacial score (nSPS) is 30.7. The molecule has 1 fully saturated rings. The standard InChI is InChI=1S/C11H23NO/c1-5-10(13)8-9-6-7-11(2,3)12(9)4/h9-10,13H,5-8H2,1-4H3. The number of aliphatic hydroxyl groups excluding tert-OH is 1. The molecule has 1 saturated heterocycles. The van der Waals surface area contributed by atoms with Gasteiger partial charge in [0.1, 0.15) is 0 Å². The first-order valence-corrected chi connectivity index (χ1v) is 5.38. The van der Waals surface area contributed by atoms with E-state index in [0.29, 0.717) is 11.6 Å². The molecule has 0 aromatic heterocycles. The van der Waals surface area contributed by atoms with Gasteiger partial charge in [-0.2, -0.15) is 0 Å². The zero-order valence-electron chi connectivity index (χ0n) is 9.38. The van der Waals surface area contributed by atoms with Crippen molar-refractivity contribution in [1.29, 1.82) is 0 Å². The molecular formula is C11H23NO. The SMILES string of the molecule is CCC(O)CC1CCC(C)(C)N1C. The monoisotopic (exact) mass is 185 g/mol. The molecule has 0 spiro atoms. The van der Waals surface area contributed by atoms with Crippen molar-refractivity contribution in [2.24, 2.45) is 0 Å². The van der Waals surface area contributed by atoms with Crippen molar-refractivity contribution in [1.82, 2.24) is 4.90 Å². The number of rotatable bonds is 3. The van der Waals surface area contributed by atoms with E-state index in [1.54, 1.807) is 0 Å². The molecule has 2 nitrogen and oxygen atoms in total. The molecule has 78 valence electrons. The minimum atomic E-state index is -0.110. The van der Waals surface area contributed by atoms with Gasteiger partial charge in [-0.1, -0.05) is 6.92 Å². The van der Waals surface area contributed by atoms with E-state index in [9.17, 15) is 5.11 Å². The van der Waals surface area contributed by atoms with Crippen LogP contribution in [0.15, 0.2) is 0 Å². The van der Waals surface area contributed by atoms with Crippen LogP contribution in [0.3, 0.4) is 0 Å². The molecular weight excluding hydrogens is 162 g/mol. The highest BCUT2D eigenvalue weighted by molar-refractivity contribution is 4.92. The zero-order valence-corrected chi connectivity index (χ0v) is 9.38. The van der Waals surface area contributed by atoms with E-state index in [2.05, 4.69) is 25.8 Å². The zero-order chi connectivity index (χ0) is 10.1. The lowest BCUT2D eigenvalue weighted by molar-refractivity contribution is 0.0976. The van der Waals surface area contributed by atoms with E-state index >= 15 is 0 Å². The van der Waals surface area contributed by atoms with Gasteiger partial charge in [-0.25, -0.2) is 0 Å². The minimum absolute atomic E-state index is 0.110. The first kappa shape index (κ1) is 11.0. The van der Waals surface area contributed by atoms with Crippen molar-refractivity contribution in [2.45, 2.75) is 64.1 Å². The third-order valence-corrected chi connectivity index (χ3v) is 3.61. The quantitative estimate of drug-likeness (QED) is 0.727. The summed E-state index contributed by atoms with van der Waals surface area (Å²) in [4.78, 5) is 2.42. The second-order valence-electron chi connectivity index (χ2n) is 4.91. The van der Waals surface area contributed by atoms with Crippen molar-refractivity contribution >= 4 is 0 Å². The molecule has 0 aliphatic carbocycles. The summed E-state index contributed by atoms with van der Waals surface area (Å²) < 4.78 is 0. The molecule has 2 unspecified atom stereocenters. The van der Waals surface area contributed by atoms with Crippen LogP contribution in [0.1, 0.15) is 46.5 Å². The molecule has 0 bridgehead atoms. The van der Waals surface area contributed by atoms with Gasteiger partial charge in [-0.15, -0.1) is 0 Å². The van der Waals surface area contributed by atoms with Gasteiger partial charge in [0, 0.05) is 11.6 Å². The topological polar surface area (TPSA) is 23.5 Å². The fourth-order valence-electron chi connectivity index (χ4n) is 2.14. The Morgan fingerprint density at radius 1 is 1.54 bits per heavy atom.